The molecule has 1 aromatic carbocycles. The van der Waals surface area contributed by atoms with E-state index >= 15 is 0 Å². The van der Waals surface area contributed by atoms with Gasteiger partial charge in [0, 0.05) is 32.1 Å². The molecule has 0 bridgehead atoms. The summed E-state index contributed by atoms with van der Waals surface area (Å²) in [7, 11) is 3.80. The van der Waals surface area contributed by atoms with Crippen molar-refractivity contribution in [1.29, 1.82) is 0 Å². The van der Waals surface area contributed by atoms with Gasteiger partial charge in [-0.25, -0.2) is 9.97 Å². The van der Waals surface area contributed by atoms with Crippen molar-refractivity contribution < 1.29 is 9.59 Å². The number of nitrogens with one attached hydrogen (secondary N) is 4. The number of rotatable bonds is 6. The standard InChI is InChI=1S/C22H25N7O2/c1-12(26-18(31)10-24-13(2)30)14-6-5-7-15(8-14)17-9-16-20-19(25-11-29(20)4)22(23-3)28-21(16)27-17/h5-9,11-12H,10H2,1-4H3,(H,24,30)(H,26,31)(H2,23,27,28). The van der Waals surface area contributed by atoms with Gasteiger partial charge in [0.15, 0.2) is 5.82 Å². The van der Waals surface area contributed by atoms with Crippen LogP contribution in [0.25, 0.3) is 33.3 Å². The highest BCUT2D eigenvalue weighted by molar-refractivity contribution is 6.07. The largest absolute Gasteiger partial charge is 0.371 e. The monoisotopic (exact) mass is 419 g/mol. The summed E-state index contributed by atoms with van der Waals surface area (Å²) in [6, 6.07) is 9.84. The lowest BCUT2D eigenvalue weighted by atomic mass is 10.0. The van der Waals surface area contributed by atoms with Crippen molar-refractivity contribution >= 4 is 39.7 Å². The number of benzene rings is 1. The van der Waals surface area contributed by atoms with Gasteiger partial charge in [-0.05, 0) is 30.2 Å². The number of H-pyrrole nitrogens is 1. The van der Waals surface area contributed by atoms with Crippen molar-refractivity contribution in [2.24, 2.45) is 7.05 Å². The van der Waals surface area contributed by atoms with E-state index in [1.54, 1.807) is 6.33 Å². The first kappa shape index (κ1) is 20.4. The average molecular weight is 419 g/mol. The van der Waals surface area contributed by atoms with Gasteiger partial charge in [0.25, 0.3) is 0 Å². The number of anilines is 1. The first-order chi connectivity index (χ1) is 14.9. The van der Waals surface area contributed by atoms with Gasteiger partial charge in [-0.1, -0.05) is 18.2 Å². The molecule has 2 amide bonds. The third-order valence-corrected chi connectivity index (χ3v) is 5.25. The lowest BCUT2D eigenvalue weighted by molar-refractivity contribution is -0.125. The summed E-state index contributed by atoms with van der Waals surface area (Å²) in [5.74, 6) is 0.253. The van der Waals surface area contributed by atoms with Crippen molar-refractivity contribution in [3.8, 4) is 11.3 Å². The predicted octanol–water partition coefficient (Wildman–Crippen LogP) is 2.47. The fourth-order valence-corrected chi connectivity index (χ4v) is 3.68. The maximum absolute atomic E-state index is 12.0. The zero-order valence-corrected chi connectivity index (χ0v) is 17.9. The number of aryl methyl sites for hydroxylation is 1. The highest BCUT2D eigenvalue weighted by Gasteiger charge is 2.16. The third kappa shape index (κ3) is 3.94. The molecule has 0 radical (unpaired) electrons. The summed E-state index contributed by atoms with van der Waals surface area (Å²) < 4.78 is 1.99. The number of aromatic amines is 1. The Bertz CT molecular complexity index is 1290. The minimum Gasteiger partial charge on any atom is -0.371 e. The lowest BCUT2D eigenvalue weighted by Crippen LogP contribution is -2.37. The van der Waals surface area contributed by atoms with E-state index in [4.69, 9.17) is 0 Å². The van der Waals surface area contributed by atoms with Crippen LogP contribution >= 0.6 is 0 Å². The van der Waals surface area contributed by atoms with Crippen LogP contribution in [0.4, 0.5) is 5.82 Å². The van der Waals surface area contributed by atoms with Crippen LogP contribution in [0.5, 0.6) is 0 Å². The second-order valence-corrected chi connectivity index (χ2v) is 7.53. The van der Waals surface area contributed by atoms with E-state index in [1.165, 1.54) is 6.92 Å². The summed E-state index contributed by atoms with van der Waals surface area (Å²) in [6.07, 6.45) is 1.78. The lowest BCUT2D eigenvalue weighted by Gasteiger charge is -2.15. The summed E-state index contributed by atoms with van der Waals surface area (Å²) in [5, 5.41) is 9.51. The minimum atomic E-state index is -0.235. The smallest absolute Gasteiger partial charge is 0.239 e. The van der Waals surface area contributed by atoms with Gasteiger partial charge in [-0.3, -0.25) is 9.59 Å². The second-order valence-electron chi connectivity index (χ2n) is 7.53. The molecule has 9 nitrogen and oxygen atoms in total. The van der Waals surface area contributed by atoms with Crippen molar-refractivity contribution in [3.05, 3.63) is 42.2 Å². The Kier molecular flexibility index (Phi) is 5.33. The Morgan fingerprint density at radius 1 is 1.26 bits per heavy atom. The average Bonchev–Trinajstić information content (AvgIpc) is 3.35. The van der Waals surface area contributed by atoms with Crippen molar-refractivity contribution in [2.75, 3.05) is 18.9 Å². The van der Waals surface area contributed by atoms with Crippen LogP contribution in [-0.4, -0.2) is 44.9 Å². The van der Waals surface area contributed by atoms with Gasteiger partial charge >= 0.3 is 0 Å². The Labute approximate surface area is 179 Å². The van der Waals surface area contributed by atoms with Crippen LogP contribution in [0.2, 0.25) is 0 Å². The molecule has 0 aliphatic carbocycles. The van der Waals surface area contributed by atoms with E-state index in [0.29, 0.717) is 0 Å². The van der Waals surface area contributed by atoms with Crippen LogP contribution in [0, 0.1) is 0 Å². The number of pyridine rings is 1. The molecule has 1 atom stereocenters. The first-order valence-corrected chi connectivity index (χ1v) is 10.0. The molecule has 0 saturated heterocycles. The normalized spacial score (nSPS) is 12.1. The fourth-order valence-electron chi connectivity index (χ4n) is 3.68. The van der Waals surface area contributed by atoms with Gasteiger partial charge in [0.05, 0.1) is 24.4 Å². The van der Waals surface area contributed by atoms with E-state index in [0.717, 1.165) is 44.7 Å². The number of hydrogen-bond acceptors (Lipinski definition) is 5. The molecule has 9 heteroatoms. The third-order valence-electron chi connectivity index (χ3n) is 5.25. The van der Waals surface area contributed by atoms with Crippen molar-refractivity contribution in [1.82, 2.24) is 30.2 Å². The quantitative estimate of drug-likeness (QED) is 0.383. The highest BCUT2D eigenvalue weighted by atomic mass is 16.2. The van der Waals surface area contributed by atoms with Gasteiger partial charge < -0.3 is 25.5 Å². The van der Waals surface area contributed by atoms with Crippen molar-refractivity contribution in [3.63, 3.8) is 0 Å². The number of fused-ring (bicyclic) bond motifs is 3. The minimum absolute atomic E-state index is 0.0401. The number of imidazole rings is 1. The Morgan fingerprint density at radius 3 is 2.81 bits per heavy atom. The number of hydrogen-bond donors (Lipinski definition) is 4. The Morgan fingerprint density at radius 2 is 2.06 bits per heavy atom. The van der Waals surface area contributed by atoms with Crippen LogP contribution in [0.3, 0.4) is 0 Å². The predicted molar refractivity (Wildman–Crippen MR) is 121 cm³/mol. The van der Waals surface area contributed by atoms with Crippen LogP contribution in [0.15, 0.2) is 36.7 Å². The fraction of sp³-hybridized carbons (Fsp3) is 0.273. The zero-order chi connectivity index (χ0) is 22.1. The van der Waals surface area contributed by atoms with Crippen LogP contribution in [-0.2, 0) is 16.6 Å². The summed E-state index contributed by atoms with van der Waals surface area (Å²) in [5.41, 5.74) is 5.48. The number of aromatic nitrogens is 4. The molecule has 3 aromatic heterocycles. The van der Waals surface area contributed by atoms with E-state index in [9.17, 15) is 9.59 Å². The van der Waals surface area contributed by atoms with Gasteiger partial charge in [-0.15, -0.1) is 0 Å². The molecule has 0 spiro atoms. The SMILES string of the molecule is CNc1nc2[nH]c(-c3cccc(C(C)NC(=O)CNC(C)=O)c3)cc2c2c1ncn2C. The molecule has 0 saturated carbocycles. The number of carbonyl (C=O) groups excluding carboxylic acids is 2. The summed E-state index contributed by atoms with van der Waals surface area (Å²) in [6.45, 7) is 3.26. The molecule has 160 valence electrons. The van der Waals surface area contributed by atoms with Crippen LogP contribution in [0.1, 0.15) is 25.5 Å². The van der Waals surface area contributed by atoms with Gasteiger partial charge in [0.2, 0.25) is 11.8 Å². The van der Waals surface area contributed by atoms with E-state index < -0.39 is 0 Å². The molecule has 4 aromatic rings. The molecule has 0 aliphatic heterocycles. The maximum Gasteiger partial charge on any atom is 0.239 e. The molecule has 0 fully saturated rings. The van der Waals surface area contributed by atoms with Crippen LogP contribution < -0.4 is 16.0 Å². The maximum atomic E-state index is 12.0. The molecule has 4 rings (SSSR count). The molecular formula is C22H25N7O2. The molecule has 31 heavy (non-hydrogen) atoms. The Hall–Kier alpha value is -3.88. The number of carbonyl (C=O) groups is 2. The Balaban J connectivity index is 1.66. The van der Waals surface area contributed by atoms with Gasteiger partial charge in [-0.2, -0.15) is 0 Å². The van der Waals surface area contributed by atoms with E-state index in [2.05, 4.69) is 37.0 Å². The van der Waals surface area contributed by atoms with E-state index in [-0.39, 0.29) is 24.4 Å². The molecular weight excluding hydrogens is 394 g/mol. The number of nitrogens with zero attached hydrogens (tertiary/aromatic N) is 3. The molecule has 1 unspecified atom stereocenters. The zero-order valence-electron chi connectivity index (χ0n) is 17.9. The van der Waals surface area contributed by atoms with E-state index in [1.807, 2.05) is 49.9 Å². The van der Waals surface area contributed by atoms with Gasteiger partial charge in [0.1, 0.15) is 11.2 Å². The highest BCUT2D eigenvalue weighted by Crippen LogP contribution is 2.32. The first-order valence-electron chi connectivity index (χ1n) is 10.0. The number of amides is 2. The van der Waals surface area contributed by atoms with Crippen molar-refractivity contribution in [2.45, 2.75) is 19.9 Å². The molecule has 0 aliphatic rings. The molecule has 3 heterocycles. The summed E-state index contributed by atoms with van der Waals surface area (Å²) in [4.78, 5) is 35.6. The second kappa shape index (κ2) is 8.10. The molecule has 4 N–H and O–H groups in total. The summed E-state index contributed by atoms with van der Waals surface area (Å²) >= 11 is 0. The topological polar surface area (TPSA) is 117 Å².